The van der Waals surface area contributed by atoms with Crippen LogP contribution in [0.15, 0.2) is 16.6 Å². The highest BCUT2D eigenvalue weighted by molar-refractivity contribution is 9.10. The van der Waals surface area contributed by atoms with E-state index in [9.17, 15) is 4.79 Å². The molecule has 0 aliphatic heterocycles. The molecule has 1 nitrogen and oxygen atoms in total. The van der Waals surface area contributed by atoms with Gasteiger partial charge in [0.15, 0.2) is 5.78 Å². The number of thiophene rings is 1. The summed E-state index contributed by atoms with van der Waals surface area (Å²) in [7, 11) is 0. The molecule has 0 saturated carbocycles. The number of carbonyl (C=O) groups is 1. The quantitative estimate of drug-likeness (QED) is 0.729. The van der Waals surface area contributed by atoms with Gasteiger partial charge in [-0.05, 0) is 48.0 Å². The second-order valence-corrected chi connectivity index (χ2v) is 4.64. The summed E-state index contributed by atoms with van der Waals surface area (Å²) in [6.45, 7) is 3.59. The minimum atomic E-state index is 0.0807. The maximum atomic E-state index is 10.6. The number of ketones is 1. The highest BCUT2D eigenvalue weighted by atomic mass is 79.9. The molecule has 1 aromatic heterocycles. The first kappa shape index (κ1) is 9.68. The largest absolute Gasteiger partial charge is 0.295 e. The van der Waals surface area contributed by atoms with E-state index in [1.807, 2.05) is 19.1 Å². The molecule has 1 heterocycles. The fourth-order valence-corrected chi connectivity index (χ4v) is 2.23. The Hall–Kier alpha value is -0.410. The third kappa shape index (κ3) is 2.57. The predicted molar refractivity (Wildman–Crippen MR) is 56.5 cm³/mol. The number of allylic oxidation sites excluding steroid dienone is 1. The Balaban J connectivity index is 2.83. The van der Waals surface area contributed by atoms with Gasteiger partial charge in [0.2, 0.25) is 0 Å². The van der Waals surface area contributed by atoms with Crippen molar-refractivity contribution < 1.29 is 4.79 Å². The van der Waals surface area contributed by atoms with Crippen molar-refractivity contribution in [3.63, 3.8) is 0 Å². The van der Waals surface area contributed by atoms with Crippen LogP contribution in [0.5, 0.6) is 0 Å². The molecule has 0 bridgehead atoms. The Kier molecular flexibility index (Phi) is 3.23. The third-order valence-electron chi connectivity index (χ3n) is 1.36. The number of hydrogen-bond donors (Lipinski definition) is 0. The van der Waals surface area contributed by atoms with Crippen molar-refractivity contribution in [1.82, 2.24) is 0 Å². The minimum Gasteiger partial charge on any atom is -0.295 e. The van der Waals surface area contributed by atoms with Crippen LogP contribution in [0.2, 0.25) is 0 Å². The molecular formula is C9H9BrOS. The van der Waals surface area contributed by atoms with E-state index in [-0.39, 0.29) is 5.78 Å². The van der Waals surface area contributed by atoms with Crippen molar-refractivity contribution in [1.29, 1.82) is 0 Å². The van der Waals surface area contributed by atoms with Gasteiger partial charge in [0.25, 0.3) is 0 Å². The Morgan fingerprint density at radius 1 is 1.67 bits per heavy atom. The van der Waals surface area contributed by atoms with E-state index in [0.717, 1.165) is 9.35 Å². The van der Waals surface area contributed by atoms with Crippen molar-refractivity contribution in [3.05, 3.63) is 26.4 Å². The average Bonchev–Trinajstić information content (AvgIpc) is 2.28. The second-order valence-electron chi connectivity index (χ2n) is 2.50. The van der Waals surface area contributed by atoms with E-state index in [1.165, 1.54) is 4.88 Å². The first-order chi connectivity index (χ1) is 5.59. The first-order valence-corrected chi connectivity index (χ1v) is 5.15. The van der Waals surface area contributed by atoms with Gasteiger partial charge in [-0.2, -0.15) is 0 Å². The number of hydrogen-bond acceptors (Lipinski definition) is 2. The highest BCUT2D eigenvalue weighted by Gasteiger charge is 1.98. The van der Waals surface area contributed by atoms with Crippen molar-refractivity contribution >= 4 is 39.1 Å². The number of aryl methyl sites for hydroxylation is 1. The molecule has 12 heavy (non-hydrogen) atoms. The standard InChI is InChI=1S/C9H9BrOS/c1-6(11)3-4-8-5-9(10)7(2)12-8/h3-5H,1-2H3/b4-3+. The maximum Gasteiger partial charge on any atom is 0.152 e. The SMILES string of the molecule is CC(=O)/C=C/c1cc(Br)c(C)s1. The van der Waals surface area contributed by atoms with Crippen molar-refractivity contribution in [2.24, 2.45) is 0 Å². The molecule has 0 amide bonds. The zero-order valence-corrected chi connectivity index (χ0v) is 9.33. The summed E-state index contributed by atoms with van der Waals surface area (Å²) in [6.07, 6.45) is 3.42. The molecule has 0 spiro atoms. The average molecular weight is 245 g/mol. The molecular weight excluding hydrogens is 236 g/mol. The van der Waals surface area contributed by atoms with Crippen molar-refractivity contribution in [2.45, 2.75) is 13.8 Å². The molecule has 0 aliphatic carbocycles. The molecule has 0 aromatic carbocycles. The third-order valence-corrected chi connectivity index (χ3v) is 3.46. The van der Waals surface area contributed by atoms with E-state index in [0.29, 0.717) is 0 Å². The summed E-state index contributed by atoms with van der Waals surface area (Å²) in [5.41, 5.74) is 0. The summed E-state index contributed by atoms with van der Waals surface area (Å²) in [4.78, 5) is 13.0. The van der Waals surface area contributed by atoms with Crippen LogP contribution in [-0.2, 0) is 4.79 Å². The molecule has 0 N–H and O–H groups in total. The molecule has 1 rings (SSSR count). The van der Waals surface area contributed by atoms with E-state index < -0.39 is 0 Å². The van der Waals surface area contributed by atoms with Crippen LogP contribution in [0, 0.1) is 6.92 Å². The molecule has 0 fully saturated rings. The predicted octanol–water partition coefficient (Wildman–Crippen LogP) is 3.42. The normalized spacial score (nSPS) is 10.9. The lowest BCUT2D eigenvalue weighted by molar-refractivity contribution is -0.112. The lowest BCUT2D eigenvalue weighted by Crippen LogP contribution is -1.77. The number of rotatable bonds is 2. The van der Waals surface area contributed by atoms with E-state index in [4.69, 9.17) is 0 Å². The Bertz CT molecular complexity index is 306. The van der Waals surface area contributed by atoms with Gasteiger partial charge in [-0.25, -0.2) is 0 Å². The zero-order chi connectivity index (χ0) is 9.14. The number of carbonyl (C=O) groups excluding carboxylic acids is 1. The van der Waals surface area contributed by atoms with Crippen LogP contribution in [-0.4, -0.2) is 5.78 Å². The van der Waals surface area contributed by atoms with Crippen molar-refractivity contribution in [3.8, 4) is 0 Å². The van der Waals surface area contributed by atoms with Crippen LogP contribution in [0.1, 0.15) is 16.7 Å². The van der Waals surface area contributed by atoms with Crippen LogP contribution in [0.4, 0.5) is 0 Å². The van der Waals surface area contributed by atoms with Crippen LogP contribution in [0.25, 0.3) is 6.08 Å². The van der Waals surface area contributed by atoms with Gasteiger partial charge in [-0.3, -0.25) is 4.79 Å². The summed E-state index contributed by atoms with van der Waals surface area (Å²) < 4.78 is 1.11. The lowest BCUT2D eigenvalue weighted by Gasteiger charge is -1.80. The van der Waals surface area contributed by atoms with Gasteiger partial charge < -0.3 is 0 Å². The molecule has 64 valence electrons. The topological polar surface area (TPSA) is 17.1 Å². The smallest absolute Gasteiger partial charge is 0.152 e. The van der Waals surface area contributed by atoms with Gasteiger partial charge in [0.05, 0.1) is 0 Å². The molecule has 0 saturated heterocycles. The maximum absolute atomic E-state index is 10.6. The second kappa shape index (κ2) is 4.01. The molecule has 1 aromatic rings. The number of halogens is 1. The minimum absolute atomic E-state index is 0.0807. The molecule has 3 heteroatoms. The van der Waals surface area contributed by atoms with Gasteiger partial charge in [0.1, 0.15) is 0 Å². The summed E-state index contributed by atoms with van der Waals surface area (Å²) >= 11 is 5.09. The summed E-state index contributed by atoms with van der Waals surface area (Å²) in [6, 6.07) is 2.01. The summed E-state index contributed by atoms with van der Waals surface area (Å²) in [5.74, 6) is 0.0807. The zero-order valence-electron chi connectivity index (χ0n) is 6.93. The van der Waals surface area contributed by atoms with Crippen LogP contribution >= 0.6 is 27.3 Å². The Morgan fingerprint density at radius 3 is 2.75 bits per heavy atom. The van der Waals surface area contributed by atoms with Crippen LogP contribution in [0.3, 0.4) is 0 Å². The first-order valence-electron chi connectivity index (χ1n) is 3.54. The lowest BCUT2D eigenvalue weighted by atomic mass is 10.3. The molecule has 0 atom stereocenters. The fraction of sp³-hybridized carbons (Fsp3) is 0.222. The van der Waals surface area contributed by atoms with Crippen molar-refractivity contribution in [2.75, 3.05) is 0 Å². The molecule has 0 unspecified atom stereocenters. The van der Waals surface area contributed by atoms with Gasteiger partial charge in [0, 0.05) is 14.2 Å². The monoisotopic (exact) mass is 244 g/mol. The molecule has 0 radical (unpaired) electrons. The van der Waals surface area contributed by atoms with Gasteiger partial charge in [-0.15, -0.1) is 11.3 Å². The summed E-state index contributed by atoms with van der Waals surface area (Å²) in [5, 5.41) is 0. The molecule has 0 aliphatic rings. The fourth-order valence-electron chi connectivity index (χ4n) is 0.763. The van der Waals surface area contributed by atoms with E-state index >= 15 is 0 Å². The Labute approximate surface area is 84.2 Å². The van der Waals surface area contributed by atoms with Gasteiger partial charge >= 0.3 is 0 Å². The van der Waals surface area contributed by atoms with E-state index in [2.05, 4.69) is 15.9 Å². The highest BCUT2D eigenvalue weighted by Crippen LogP contribution is 2.26. The Morgan fingerprint density at radius 2 is 2.33 bits per heavy atom. The van der Waals surface area contributed by atoms with Gasteiger partial charge in [-0.1, -0.05) is 0 Å². The van der Waals surface area contributed by atoms with E-state index in [1.54, 1.807) is 24.3 Å². The van der Waals surface area contributed by atoms with Crippen LogP contribution < -0.4 is 0 Å².